The second kappa shape index (κ2) is 5.00. The molecule has 0 atom stereocenters. The number of hydrogen-bond acceptors (Lipinski definition) is 2. The minimum Gasteiger partial charge on any atom is -0.340 e. The molecule has 1 aliphatic carbocycles. The van der Waals surface area contributed by atoms with Crippen LogP contribution in [0.1, 0.15) is 25.3 Å². The summed E-state index contributed by atoms with van der Waals surface area (Å²) >= 11 is 0. The van der Waals surface area contributed by atoms with Gasteiger partial charge in [-0.2, -0.15) is 5.26 Å². The maximum atomic E-state index is 13.1. The third kappa shape index (κ3) is 2.60. The maximum absolute atomic E-state index is 13.1. The van der Waals surface area contributed by atoms with Gasteiger partial charge in [0.15, 0.2) is 0 Å². The Morgan fingerprint density at radius 2 is 2.26 bits per heavy atom. The summed E-state index contributed by atoms with van der Waals surface area (Å²) in [5, 5.41) is 9.23. The van der Waals surface area contributed by atoms with Crippen LogP contribution in [0, 0.1) is 28.5 Å². The summed E-state index contributed by atoms with van der Waals surface area (Å²) < 4.78 is 13.1. The van der Waals surface area contributed by atoms with Gasteiger partial charge in [0.25, 0.3) is 0 Å². The Bertz CT molecular complexity index is 529. The van der Waals surface area contributed by atoms with Crippen LogP contribution in [0.25, 0.3) is 0 Å². The van der Waals surface area contributed by atoms with Crippen molar-refractivity contribution >= 4 is 5.91 Å². The number of carbonyl (C=O) groups is 1. The molecule has 0 heterocycles. The molecule has 4 heteroatoms. The lowest BCUT2D eigenvalue weighted by molar-refractivity contribution is -0.144. The zero-order valence-corrected chi connectivity index (χ0v) is 11.2. The summed E-state index contributed by atoms with van der Waals surface area (Å²) in [4.78, 5) is 13.8. The van der Waals surface area contributed by atoms with Crippen molar-refractivity contribution in [1.82, 2.24) is 4.90 Å². The molecular weight excluding hydrogens is 243 g/mol. The van der Waals surface area contributed by atoms with Crippen LogP contribution in [0.5, 0.6) is 0 Å². The predicted molar refractivity (Wildman–Crippen MR) is 69.3 cm³/mol. The Morgan fingerprint density at radius 1 is 1.58 bits per heavy atom. The minimum absolute atomic E-state index is 0.155. The van der Waals surface area contributed by atoms with Crippen LogP contribution in [0.3, 0.4) is 0 Å². The SMILES string of the molecule is CC1CC(C#N)(C(=O)N(C)Cc2cccc(F)c2)C1. The average Bonchev–Trinajstić information content (AvgIpc) is 2.34. The molecule has 19 heavy (non-hydrogen) atoms. The molecule has 0 aliphatic heterocycles. The van der Waals surface area contributed by atoms with Crippen LogP contribution in [-0.2, 0) is 11.3 Å². The van der Waals surface area contributed by atoms with Crippen molar-refractivity contribution in [2.24, 2.45) is 11.3 Å². The first kappa shape index (κ1) is 13.5. The van der Waals surface area contributed by atoms with Gasteiger partial charge in [0, 0.05) is 13.6 Å². The topological polar surface area (TPSA) is 44.1 Å². The Hall–Kier alpha value is -1.89. The van der Waals surface area contributed by atoms with Crippen molar-refractivity contribution in [2.45, 2.75) is 26.3 Å². The molecule has 3 nitrogen and oxygen atoms in total. The zero-order valence-electron chi connectivity index (χ0n) is 11.2. The van der Waals surface area contributed by atoms with E-state index in [0.717, 1.165) is 5.56 Å². The number of carbonyl (C=O) groups excluding carboxylic acids is 1. The molecule has 0 N–H and O–H groups in total. The van der Waals surface area contributed by atoms with E-state index in [1.165, 1.54) is 17.0 Å². The first-order valence-electron chi connectivity index (χ1n) is 6.38. The number of rotatable bonds is 3. The Morgan fingerprint density at radius 3 is 2.79 bits per heavy atom. The standard InChI is InChI=1S/C15H17FN2O/c1-11-7-15(8-11,10-17)14(19)18(2)9-12-4-3-5-13(16)6-12/h3-6,11H,7-9H2,1-2H3. The first-order chi connectivity index (χ1) is 8.97. The molecular formula is C15H17FN2O. The normalized spacial score (nSPS) is 25.3. The van der Waals surface area contributed by atoms with Gasteiger partial charge in [-0.1, -0.05) is 19.1 Å². The summed E-state index contributed by atoms with van der Waals surface area (Å²) in [5.41, 5.74) is -0.127. The van der Waals surface area contributed by atoms with Crippen LogP contribution in [0.4, 0.5) is 4.39 Å². The molecule has 1 aromatic carbocycles. The van der Waals surface area contributed by atoms with Gasteiger partial charge < -0.3 is 4.90 Å². The van der Waals surface area contributed by atoms with E-state index in [4.69, 9.17) is 0 Å². The number of nitriles is 1. The van der Waals surface area contributed by atoms with Gasteiger partial charge in [-0.05, 0) is 36.5 Å². The van der Waals surface area contributed by atoms with Crippen molar-refractivity contribution in [3.8, 4) is 6.07 Å². The molecule has 0 unspecified atom stereocenters. The summed E-state index contributed by atoms with van der Waals surface area (Å²) in [6.45, 7) is 2.36. The van der Waals surface area contributed by atoms with Crippen LogP contribution in [0.2, 0.25) is 0 Å². The Labute approximate surface area is 112 Å². The van der Waals surface area contributed by atoms with E-state index in [-0.39, 0.29) is 11.7 Å². The first-order valence-corrected chi connectivity index (χ1v) is 6.38. The lowest BCUT2D eigenvalue weighted by Gasteiger charge is -2.41. The van der Waals surface area contributed by atoms with Crippen molar-refractivity contribution in [3.63, 3.8) is 0 Å². The molecule has 1 amide bonds. The number of hydrogen-bond donors (Lipinski definition) is 0. The lowest BCUT2D eigenvalue weighted by Crippen LogP contribution is -2.48. The third-order valence-electron chi connectivity index (χ3n) is 3.67. The van der Waals surface area contributed by atoms with E-state index >= 15 is 0 Å². The molecule has 0 bridgehead atoms. The van der Waals surface area contributed by atoms with E-state index in [9.17, 15) is 14.4 Å². The van der Waals surface area contributed by atoms with Gasteiger partial charge in [0.1, 0.15) is 11.2 Å². The summed E-state index contributed by atoms with van der Waals surface area (Å²) in [6, 6.07) is 8.33. The highest BCUT2D eigenvalue weighted by molar-refractivity contribution is 5.86. The Kier molecular flexibility index (Phi) is 3.57. The van der Waals surface area contributed by atoms with Crippen LogP contribution >= 0.6 is 0 Å². The summed E-state index contributed by atoms with van der Waals surface area (Å²) in [5.74, 6) is -0.0471. The highest BCUT2D eigenvalue weighted by Crippen LogP contribution is 2.46. The monoisotopic (exact) mass is 260 g/mol. The molecule has 1 aliphatic rings. The third-order valence-corrected chi connectivity index (χ3v) is 3.67. The maximum Gasteiger partial charge on any atom is 0.243 e. The van der Waals surface area contributed by atoms with E-state index in [1.54, 1.807) is 19.2 Å². The van der Waals surface area contributed by atoms with Gasteiger partial charge in [-0.25, -0.2) is 4.39 Å². The zero-order chi connectivity index (χ0) is 14.0. The van der Waals surface area contributed by atoms with Crippen LogP contribution < -0.4 is 0 Å². The molecule has 0 aromatic heterocycles. The second-order valence-corrected chi connectivity index (χ2v) is 5.50. The molecule has 1 saturated carbocycles. The highest BCUT2D eigenvalue weighted by Gasteiger charge is 2.50. The van der Waals surface area contributed by atoms with Crippen molar-refractivity contribution in [3.05, 3.63) is 35.6 Å². The van der Waals surface area contributed by atoms with Crippen molar-refractivity contribution in [1.29, 1.82) is 5.26 Å². The molecule has 1 aromatic rings. The fourth-order valence-corrected chi connectivity index (χ4v) is 2.79. The largest absolute Gasteiger partial charge is 0.340 e. The number of amides is 1. The van der Waals surface area contributed by atoms with Gasteiger partial charge in [0.2, 0.25) is 5.91 Å². The van der Waals surface area contributed by atoms with Crippen molar-refractivity contribution < 1.29 is 9.18 Å². The van der Waals surface area contributed by atoms with E-state index < -0.39 is 5.41 Å². The number of nitrogens with zero attached hydrogens (tertiary/aromatic N) is 2. The van der Waals surface area contributed by atoms with Gasteiger partial charge in [-0.15, -0.1) is 0 Å². The molecule has 0 saturated heterocycles. The van der Waals surface area contributed by atoms with Crippen LogP contribution in [0.15, 0.2) is 24.3 Å². The van der Waals surface area contributed by atoms with Crippen molar-refractivity contribution in [2.75, 3.05) is 7.05 Å². The van der Waals surface area contributed by atoms with Gasteiger partial charge in [-0.3, -0.25) is 4.79 Å². The van der Waals surface area contributed by atoms with E-state index in [1.807, 2.05) is 6.92 Å². The Balaban J connectivity index is 2.06. The summed E-state index contributed by atoms with van der Waals surface area (Å²) in [7, 11) is 1.66. The fourth-order valence-electron chi connectivity index (χ4n) is 2.79. The molecule has 2 rings (SSSR count). The molecule has 1 fully saturated rings. The number of benzene rings is 1. The summed E-state index contributed by atoms with van der Waals surface area (Å²) in [6.07, 6.45) is 1.24. The highest BCUT2D eigenvalue weighted by atomic mass is 19.1. The molecule has 0 radical (unpaired) electrons. The van der Waals surface area contributed by atoms with Gasteiger partial charge in [0.05, 0.1) is 6.07 Å². The van der Waals surface area contributed by atoms with Crippen LogP contribution in [-0.4, -0.2) is 17.9 Å². The van der Waals surface area contributed by atoms with Gasteiger partial charge >= 0.3 is 0 Å². The van der Waals surface area contributed by atoms with E-state index in [2.05, 4.69) is 6.07 Å². The number of halogens is 1. The second-order valence-electron chi connectivity index (χ2n) is 5.50. The molecule has 0 spiro atoms. The minimum atomic E-state index is -0.860. The fraction of sp³-hybridized carbons (Fsp3) is 0.467. The quantitative estimate of drug-likeness (QED) is 0.838. The molecule has 100 valence electrons. The lowest BCUT2D eigenvalue weighted by atomic mass is 9.63. The predicted octanol–water partition coefficient (Wildman–Crippen LogP) is 2.72. The van der Waals surface area contributed by atoms with E-state index in [0.29, 0.717) is 25.3 Å². The average molecular weight is 260 g/mol. The smallest absolute Gasteiger partial charge is 0.243 e.